The molecule has 5 heteroatoms. The van der Waals surface area contributed by atoms with E-state index in [1.165, 1.54) is 0 Å². The fraction of sp³-hybridized carbons (Fsp3) is 0.429. The van der Waals surface area contributed by atoms with Crippen molar-refractivity contribution < 1.29 is 14.7 Å². The van der Waals surface area contributed by atoms with Gasteiger partial charge in [-0.25, -0.2) is 4.79 Å². The van der Waals surface area contributed by atoms with Crippen LogP contribution in [0.15, 0.2) is 30.3 Å². The molecule has 1 aromatic carbocycles. The van der Waals surface area contributed by atoms with Crippen molar-refractivity contribution in [3.05, 3.63) is 35.9 Å². The first kappa shape index (κ1) is 15.2. The molecule has 1 unspecified atom stereocenters. The molecule has 2 atom stereocenters. The van der Waals surface area contributed by atoms with E-state index in [1.54, 1.807) is 30.3 Å². The summed E-state index contributed by atoms with van der Waals surface area (Å²) >= 11 is 0. The zero-order valence-corrected chi connectivity index (χ0v) is 11.0. The molecule has 0 saturated carbocycles. The number of hydrogen-bond acceptors (Lipinski definition) is 3. The molecule has 0 radical (unpaired) electrons. The predicted molar refractivity (Wildman–Crippen MR) is 72.5 cm³/mol. The molecule has 1 aromatic rings. The van der Waals surface area contributed by atoms with Gasteiger partial charge in [0.15, 0.2) is 6.04 Å². The highest BCUT2D eigenvalue weighted by Crippen LogP contribution is 2.13. The van der Waals surface area contributed by atoms with E-state index >= 15 is 0 Å². The van der Waals surface area contributed by atoms with Crippen LogP contribution in [0, 0.1) is 0 Å². The number of unbranched alkanes of at least 4 members (excludes halogenated alkanes) is 1. The second kappa shape index (κ2) is 7.53. The van der Waals surface area contributed by atoms with Crippen molar-refractivity contribution in [1.82, 2.24) is 5.32 Å². The van der Waals surface area contributed by atoms with Crippen LogP contribution in [0.5, 0.6) is 0 Å². The fourth-order valence-corrected chi connectivity index (χ4v) is 1.74. The standard InChI is InChI=1S/C14H20N2O3/c1-2-3-9-11(15)13(17)16-12(14(18)19)10-7-5-4-6-8-10/h4-8,11-12H,2-3,9,15H2,1H3,(H,16,17)(H,18,19)/t11?,12-/m1/s1. The van der Waals surface area contributed by atoms with Gasteiger partial charge in [0.2, 0.25) is 5.91 Å². The summed E-state index contributed by atoms with van der Waals surface area (Å²) in [5.41, 5.74) is 6.26. The topological polar surface area (TPSA) is 92.4 Å². The van der Waals surface area contributed by atoms with E-state index < -0.39 is 24.0 Å². The molecule has 4 N–H and O–H groups in total. The zero-order chi connectivity index (χ0) is 14.3. The van der Waals surface area contributed by atoms with Crippen LogP contribution in [0.4, 0.5) is 0 Å². The highest BCUT2D eigenvalue weighted by atomic mass is 16.4. The largest absolute Gasteiger partial charge is 0.479 e. The number of amides is 1. The number of rotatable bonds is 7. The first-order chi connectivity index (χ1) is 9.06. The third-order valence-corrected chi connectivity index (χ3v) is 2.87. The van der Waals surface area contributed by atoms with Gasteiger partial charge in [-0.2, -0.15) is 0 Å². The molecule has 0 aliphatic rings. The van der Waals surface area contributed by atoms with Gasteiger partial charge >= 0.3 is 5.97 Å². The smallest absolute Gasteiger partial charge is 0.330 e. The van der Waals surface area contributed by atoms with Crippen LogP contribution in [0.25, 0.3) is 0 Å². The fourth-order valence-electron chi connectivity index (χ4n) is 1.74. The lowest BCUT2D eigenvalue weighted by atomic mass is 10.1. The third-order valence-electron chi connectivity index (χ3n) is 2.87. The first-order valence-corrected chi connectivity index (χ1v) is 6.40. The van der Waals surface area contributed by atoms with Crippen molar-refractivity contribution >= 4 is 11.9 Å². The van der Waals surface area contributed by atoms with Crippen molar-refractivity contribution in [2.75, 3.05) is 0 Å². The minimum Gasteiger partial charge on any atom is -0.479 e. The van der Waals surface area contributed by atoms with Crippen LogP contribution in [0.2, 0.25) is 0 Å². The van der Waals surface area contributed by atoms with E-state index in [0.29, 0.717) is 12.0 Å². The maximum Gasteiger partial charge on any atom is 0.330 e. The lowest BCUT2D eigenvalue weighted by Crippen LogP contribution is -2.44. The summed E-state index contributed by atoms with van der Waals surface area (Å²) in [6.45, 7) is 2.01. The van der Waals surface area contributed by atoms with Crippen molar-refractivity contribution in [3.63, 3.8) is 0 Å². The number of carbonyl (C=O) groups is 2. The molecule has 0 fully saturated rings. The molecule has 0 aliphatic carbocycles. The molecule has 5 nitrogen and oxygen atoms in total. The van der Waals surface area contributed by atoms with Gasteiger partial charge in [0.05, 0.1) is 6.04 Å². The Kier molecular flexibility index (Phi) is 6.02. The van der Waals surface area contributed by atoms with E-state index in [2.05, 4.69) is 5.32 Å². The molecule has 0 heterocycles. The summed E-state index contributed by atoms with van der Waals surface area (Å²) in [7, 11) is 0. The Morgan fingerprint density at radius 1 is 1.32 bits per heavy atom. The summed E-state index contributed by atoms with van der Waals surface area (Å²) in [6.07, 6.45) is 2.35. The number of nitrogens with one attached hydrogen (secondary N) is 1. The van der Waals surface area contributed by atoms with Gasteiger partial charge in [0, 0.05) is 0 Å². The summed E-state index contributed by atoms with van der Waals surface area (Å²) < 4.78 is 0. The lowest BCUT2D eigenvalue weighted by Gasteiger charge is -2.18. The molecular formula is C14H20N2O3. The Labute approximate surface area is 112 Å². The number of hydrogen-bond donors (Lipinski definition) is 3. The number of aliphatic carboxylic acids is 1. The summed E-state index contributed by atoms with van der Waals surface area (Å²) in [4.78, 5) is 23.1. The Balaban J connectivity index is 2.70. The molecule has 104 valence electrons. The van der Waals surface area contributed by atoms with Crippen LogP contribution in [0.3, 0.4) is 0 Å². The van der Waals surface area contributed by atoms with Gasteiger partial charge in [-0.15, -0.1) is 0 Å². The average Bonchev–Trinajstić information content (AvgIpc) is 2.42. The third kappa shape index (κ3) is 4.71. The summed E-state index contributed by atoms with van der Waals surface area (Å²) in [6, 6.07) is 6.86. The summed E-state index contributed by atoms with van der Waals surface area (Å²) in [5, 5.41) is 11.7. The number of carboxylic acids is 1. The highest BCUT2D eigenvalue weighted by Gasteiger charge is 2.24. The van der Waals surface area contributed by atoms with Crippen LogP contribution < -0.4 is 11.1 Å². The number of carbonyl (C=O) groups excluding carboxylic acids is 1. The first-order valence-electron chi connectivity index (χ1n) is 6.40. The van der Waals surface area contributed by atoms with Crippen LogP contribution >= 0.6 is 0 Å². The van der Waals surface area contributed by atoms with Gasteiger partial charge in [0.25, 0.3) is 0 Å². The Morgan fingerprint density at radius 2 is 1.95 bits per heavy atom. The zero-order valence-electron chi connectivity index (χ0n) is 11.0. The normalized spacial score (nSPS) is 13.6. The second-order valence-electron chi connectivity index (χ2n) is 4.44. The van der Waals surface area contributed by atoms with Crippen molar-refractivity contribution in [3.8, 4) is 0 Å². The quantitative estimate of drug-likeness (QED) is 0.695. The lowest BCUT2D eigenvalue weighted by molar-refractivity contribution is -0.142. The summed E-state index contributed by atoms with van der Waals surface area (Å²) in [5.74, 6) is -1.52. The minimum atomic E-state index is -1.10. The molecule has 1 rings (SSSR count). The van der Waals surface area contributed by atoms with Gasteiger partial charge in [-0.3, -0.25) is 4.79 Å². The number of nitrogens with two attached hydrogens (primary N) is 1. The van der Waals surface area contributed by atoms with Crippen LogP contribution in [-0.4, -0.2) is 23.0 Å². The predicted octanol–water partition coefficient (Wildman–Crippen LogP) is 1.45. The Morgan fingerprint density at radius 3 is 2.47 bits per heavy atom. The minimum absolute atomic E-state index is 0.426. The Bertz CT molecular complexity index is 420. The average molecular weight is 264 g/mol. The van der Waals surface area contributed by atoms with Crippen molar-refractivity contribution in [2.24, 2.45) is 5.73 Å². The van der Waals surface area contributed by atoms with E-state index in [4.69, 9.17) is 5.73 Å². The van der Waals surface area contributed by atoms with Gasteiger partial charge in [0.1, 0.15) is 0 Å². The van der Waals surface area contributed by atoms with E-state index in [-0.39, 0.29) is 0 Å². The number of carboxylic acid groups (broad SMARTS) is 1. The van der Waals surface area contributed by atoms with Crippen LogP contribution in [-0.2, 0) is 9.59 Å². The number of benzene rings is 1. The monoisotopic (exact) mass is 264 g/mol. The second-order valence-corrected chi connectivity index (χ2v) is 4.44. The van der Waals surface area contributed by atoms with Crippen LogP contribution in [0.1, 0.15) is 37.8 Å². The van der Waals surface area contributed by atoms with Gasteiger partial charge < -0.3 is 16.2 Å². The molecule has 0 bridgehead atoms. The maximum absolute atomic E-state index is 11.8. The molecule has 0 spiro atoms. The Hall–Kier alpha value is -1.88. The molecule has 0 aliphatic heterocycles. The molecule has 19 heavy (non-hydrogen) atoms. The van der Waals surface area contributed by atoms with E-state index in [9.17, 15) is 14.7 Å². The van der Waals surface area contributed by atoms with E-state index in [1.807, 2.05) is 6.92 Å². The van der Waals surface area contributed by atoms with Crippen molar-refractivity contribution in [2.45, 2.75) is 38.3 Å². The van der Waals surface area contributed by atoms with Gasteiger partial charge in [-0.05, 0) is 12.0 Å². The van der Waals surface area contributed by atoms with Gasteiger partial charge in [-0.1, -0.05) is 50.1 Å². The SMILES string of the molecule is CCCCC(N)C(=O)N[C@@H](C(=O)O)c1ccccc1. The molecule has 1 amide bonds. The highest BCUT2D eigenvalue weighted by molar-refractivity contribution is 5.87. The molecule has 0 aromatic heterocycles. The maximum atomic E-state index is 11.8. The molecular weight excluding hydrogens is 244 g/mol. The van der Waals surface area contributed by atoms with Crippen molar-refractivity contribution in [1.29, 1.82) is 0 Å². The molecule has 0 saturated heterocycles. The van der Waals surface area contributed by atoms with E-state index in [0.717, 1.165) is 12.8 Å².